The number of fused-ring (bicyclic) bond motifs is 1. The number of hydrogen-bond donors (Lipinski definition) is 0. The van der Waals surface area contributed by atoms with E-state index in [1.54, 1.807) is 22.9 Å². The lowest BCUT2D eigenvalue weighted by Crippen LogP contribution is -2.44. The molecule has 30 heavy (non-hydrogen) atoms. The molecule has 8 nitrogen and oxygen atoms in total. The topological polar surface area (TPSA) is 85.1 Å². The Morgan fingerprint density at radius 3 is 2.93 bits per heavy atom. The first-order valence-electron chi connectivity index (χ1n) is 10.1. The van der Waals surface area contributed by atoms with Crippen molar-refractivity contribution in [3.63, 3.8) is 0 Å². The van der Waals surface area contributed by atoms with Gasteiger partial charge in [-0.25, -0.2) is 0 Å². The van der Waals surface area contributed by atoms with Crippen molar-refractivity contribution in [2.24, 2.45) is 11.8 Å². The summed E-state index contributed by atoms with van der Waals surface area (Å²) in [6.07, 6.45) is 4.98. The third kappa shape index (κ3) is 3.08. The van der Waals surface area contributed by atoms with E-state index in [2.05, 4.69) is 5.16 Å². The summed E-state index contributed by atoms with van der Waals surface area (Å²) in [6.45, 7) is 1.60. The van der Waals surface area contributed by atoms with E-state index in [0.29, 0.717) is 31.9 Å². The average Bonchev–Trinajstić information content (AvgIpc) is 3.51. The fourth-order valence-corrected chi connectivity index (χ4v) is 4.73. The second kappa shape index (κ2) is 7.28. The molecule has 0 N–H and O–H groups in total. The number of hydrogen-bond acceptors (Lipinski definition) is 6. The molecule has 1 aromatic heterocycles. The first-order valence-corrected chi connectivity index (χ1v) is 10.1. The second-order valence-electron chi connectivity index (χ2n) is 8.01. The number of carbonyl (C=O) groups is 2. The zero-order valence-corrected chi connectivity index (χ0v) is 16.6. The average molecular weight is 409 g/mol. The molecule has 0 aliphatic carbocycles. The van der Waals surface area contributed by atoms with Crippen LogP contribution < -0.4 is 4.74 Å². The monoisotopic (exact) mass is 409 g/mol. The smallest absolute Gasteiger partial charge is 0.230 e. The SMILES string of the molecule is CN(Cc1ccon1)C(=O)[C@@H]1[C@@H]2C=C[C@@]3(CN(CCOc4ccccc4)C(=O)[C@H]13)O2. The minimum Gasteiger partial charge on any atom is -0.492 e. The Kier molecular flexibility index (Phi) is 4.58. The van der Waals surface area contributed by atoms with Crippen molar-refractivity contribution in [2.45, 2.75) is 18.2 Å². The van der Waals surface area contributed by atoms with Crippen LogP contribution in [0, 0.1) is 11.8 Å². The number of ether oxygens (including phenoxy) is 2. The number of carbonyl (C=O) groups excluding carboxylic acids is 2. The van der Waals surface area contributed by atoms with Gasteiger partial charge in [-0.3, -0.25) is 9.59 Å². The van der Waals surface area contributed by atoms with E-state index >= 15 is 0 Å². The molecular weight excluding hydrogens is 386 g/mol. The first kappa shape index (κ1) is 18.9. The van der Waals surface area contributed by atoms with Crippen molar-refractivity contribution in [3.8, 4) is 5.75 Å². The van der Waals surface area contributed by atoms with Gasteiger partial charge in [0, 0.05) is 13.1 Å². The van der Waals surface area contributed by atoms with Crippen molar-refractivity contribution < 1.29 is 23.6 Å². The summed E-state index contributed by atoms with van der Waals surface area (Å²) in [6, 6.07) is 11.2. The Morgan fingerprint density at radius 1 is 1.33 bits per heavy atom. The molecule has 1 spiro atoms. The van der Waals surface area contributed by atoms with Crippen molar-refractivity contribution in [1.82, 2.24) is 15.0 Å². The zero-order valence-electron chi connectivity index (χ0n) is 16.6. The largest absolute Gasteiger partial charge is 0.492 e. The molecule has 2 bridgehead atoms. The van der Waals surface area contributed by atoms with Gasteiger partial charge in [0.15, 0.2) is 0 Å². The van der Waals surface area contributed by atoms with Gasteiger partial charge in [0.05, 0.1) is 37.6 Å². The quantitative estimate of drug-likeness (QED) is 0.645. The third-order valence-corrected chi connectivity index (χ3v) is 6.10. The maximum atomic E-state index is 13.2. The second-order valence-corrected chi connectivity index (χ2v) is 8.01. The van der Waals surface area contributed by atoms with Crippen molar-refractivity contribution in [1.29, 1.82) is 0 Å². The lowest BCUT2D eigenvalue weighted by molar-refractivity contribution is -0.142. The number of amides is 2. The van der Waals surface area contributed by atoms with Crippen molar-refractivity contribution in [3.05, 3.63) is 60.5 Å². The van der Waals surface area contributed by atoms with Gasteiger partial charge in [-0.05, 0) is 12.1 Å². The summed E-state index contributed by atoms with van der Waals surface area (Å²) in [5, 5.41) is 3.86. The van der Waals surface area contributed by atoms with Crippen LogP contribution in [0.15, 0.2) is 59.3 Å². The number of rotatable bonds is 7. The van der Waals surface area contributed by atoms with Crippen LogP contribution in [-0.2, 0) is 20.9 Å². The Morgan fingerprint density at radius 2 is 2.17 bits per heavy atom. The van der Waals surface area contributed by atoms with Gasteiger partial charge < -0.3 is 23.8 Å². The molecule has 5 rings (SSSR count). The van der Waals surface area contributed by atoms with Crippen molar-refractivity contribution in [2.75, 3.05) is 26.7 Å². The summed E-state index contributed by atoms with van der Waals surface area (Å²) in [7, 11) is 1.71. The van der Waals surface area contributed by atoms with Crippen LogP contribution in [0.2, 0.25) is 0 Å². The number of para-hydroxylation sites is 1. The molecule has 2 fully saturated rings. The van der Waals surface area contributed by atoms with Gasteiger partial charge >= 0.3 is 0 Å². The zero-order chi connectivity index (χ0) is 20.7. The number of aromatic nitrogens is 1. The predicted octanol–water partition coefficient (Wildman–Crippen LogP) is 1.49. The van der Waals surface area contributed by atoms with Crippen LogP contribution in [-0.4, -0.2) is 65.2 Å². The molecule has 3 aliphatic rings. The lowest BCUT2D eigenvalue weighted by atomic mass is 9.76. The molecule has 4 heterocycles. The summed E-state index contributed by atoms with van der Waals surface area (Å²) in [5.74, 6) is -0.431. The van der Waals surface area contributed by atoms with E-state index in [1.807, 2.05) is 42.5 Å². The lowest BCUT2D eigenvalue weighted by Gasteiger charge is -2.27. The molecule has 156 valence electrons. The van der Waals surface area contributed by atoms with Gasteiger partial charge in [-0.15, -0.1) is 0 Å². The summed E-state index contributed by atoms with van der Waals surface area (Å²) in [4.78, 5) is 29.8. The highest BCUT2D eigenvalue weighted by Gasteiger charge is 2.67. The molecule has 0 unspecified atom stereocenters. The van der Waals surface area contributed by atoms with Crippen LogP contribution >= 0.6 is 0 Å². The van der Waals surface area contributed by atoms with Crippen LogP contribution in [0.1, 0.15) is 5.69 Å². The van der Waals surface area contributed by atoms with Gasteiger partial charge in [0.25, 0.3) is 0 Å². The molecule has 0 radical (unpaired) electrons. The molecule has 2 saturated heterocycles. The molecule has 2 aromatic rings. The first-order chi connectivity index (χ1) is 14.6. The number of nitrogens with zero attached hydrogens (tertiary/aromatic N) is 3. The van der Waals surface area contributed by atoms with Crippen molar-refractivity contribution >= 4 is 11.8 Å². The van der Waals surface area contributed by atoms with Crippen LogP contribution in [0.25, 0.3) is 0 Å². The van der Waals surface area contributed by atoms with Crippen LogP contribution in [0.4, 0.5) is 0 Å². The Hall–Kier alpha value is -3.13. The molecule has 1 aromatic carbocycles. The van der Waals surface area contributed by atoms with E-state index < -0.39 is 17.4 Å². The molecule has 3 aliphatic heterocycles. The Labute approximate surface area is 174 Å². The fraction of sp³-hybridized carbons (Fsp3) is 0.409. The van der Waals surface area contributed by atoms with Crippen LogP contribution in [0.3, 0.4) is 0 Å². The maximum Gasteiger partial charge on any atom is 0.230 e. The van der Waals surface area contributed by atoms with E-state index in [4.69, 9.17) is 14.0 Å². The highest BCUT2D eigenvalue weighted by molar-refractivity contribution is 5.93. The molecule has 4 atom stereocenters. The maximum absolute atomic E-state index is 13.2. The molecule has 8 heteroatoms. The standard InChI is InChI=1S/C22H23N3O5/c1-24(13-15-8-11-29-23-15)20(26)18-17-7-9-22(30-17)14-25(21(27)19(18)22)10-12-28-16-5-3-2-4-6-16/h2-9,11,17-19H,10,12-14H2,1H3/t17-,18+,19-,22-/m0/s1. The summed E-state index contributed by atoms with van der Waals surface area (Å²) >= 11 is 0. The van der Waals surface area contributed by atoms with E-state index in [9.17, 15) is 9.59 Å². The fourth-order valence-electron chi connectivity index (χ4n) is 4.73. The van der Waals surface area contributed by atoms with E-state index in [0.717, 1.165) is 5.75 Å². The predicted molar refractivity (Wildman–Crippen MR) is 105 cm³/mol. The molecular formula is C22H23N3O5. The van der Waals surface area contributed by atoms with Gasteiger partial charge in [0.1, 0.15) is 29.9 Å². The van der Waals surface area contributed by atoms with Gasteiger partial charge in [-0.2, -0.15) is 0 Å². The van der Waals surface area contributed by atoms with E-state index in [-0.39, 0.29) is 17.9 Å². The molecule has 2 amide bonds. The number of benzene rings is 1. The van der Waals surface area contributed by atoms with Crippen LogP contribution in [0.5, 0.6) is 5.75 Å². The third-order valence-electron chi connectivity index (χ3n) is 6.10. The highest BCUT2D eigenvalue weighted by Crippen LogP contribution is 2.52. The number of likely N-dealkylation sites (tertiary alicyclic amines) is 1. The van der Waals surface area contributed by atoms with Gasteiger partial charge in [0.2, 0.25) is 11.8 Å². The normalized spacial score (nSPS) is 28.8. The minimum atomic E-state index is -0.719. The Bertz CT molecular complexity index is 960. The van der Waals surface area contributed by atoms with Gasteiger partial charge in [-0.1, -0.05) is 35.5 Å². The highest BCUT2D eigenvalue weighted by atomic mass is 16.5. The summed E-state index contributed by atoms with van der Waals surface area (Å²) < 4.78 is 16.8. The Balaban J connectivity index is 1.27. The minimum absolute atomic E-state index is 0.0494. The van der Waals surface area contributed by atoms with E-state index in [1.165, 1.54) is 6.26 Å². The molecule has 0 saturated carbocycles. The summed E-state index contributed by atoms with van der Waals surface area (Å²) in [5.41, 5.74) is -0.0542.